The third-order valence-corrected chi connectivity index (χ3v) is 6.25. The van der Waals surface area contributed by atoms with Gasteiger partial charge in [-0.15, -0.1) is 0 Å². The van der Waals surface area contributed by atoms with Crippen molar-refractivity contribution in [3.8, 4) is 0 Å². The van der Waals surface area contributed by atoms with Crippen LogP contribution in [0.1, 0.15) is 12.8 Å². The van der Waals surface area contributed by atoms with Crippen molar-refractivity contribution < 1.29 is 8.42 Å². The fourth-order valence-corrected chi connectivity index (χ4v) is 5.17. The molecule has 0 aliphatic carbocycles. The summed E-state index contributed by atoms with van der Waals surface area (Å²) in [5, 5.41) is 1.47. The topological polar surface area (TPSA) is 76.3 Å². The Morgan fingerprint density at radius 3 is 2.90 bits per heavy atom. The van der Waals surface area contributed by atoms with Gasteiger partial charge in [-0.3, -0.25) is 4.98 Å². The van der Waals surface area contributed by atoms with Gasteiger partial charge in [0, 0.05) is 46.8 Å². The number of nitrogens with zero attached hydrogens (tertiary/aromatic N) is 2. The van der Waals surface area contributed by atoms with Crippen molar-refractivity contribution in [3.05, 3.63) is 35.1 Å². The highest BCUT2D eigenvalue weighted by Crippen LogP contribution is 2.31. The van der Waals surface area contributed by atoms with Crippen LogP contribution in [0.3, 0.4) is 0 Å². The first-order chi connectivity index (χ1) is 10.00. The summed E-state index contributed by atoms with van der Waals surface area (Å²) in [6.45, 7) is 0.899. The van der Waals surface area contributed by atoms with E-state index < -0.39 is 10.0 Å². The Morgan fingerprint density at radius 2 is 2.14 bits per heavy atom. The van der Waals surface area contributed by atoms with Gasteiger partial charge in [-0.05, 0) is 34.8 Å². The second-order valence-corrected chi connectivity index (χ2v) is 8.00. The SMILES string of the molecule is N[C@@H]1CCCN(S(=O)(=O)c2cccc3cncc(Br)c23)C1. The van der Waals surface area contributed by atoms with E-state index in [0.717, 1.165) is 18.2 Å². The summed E-state index contributed by atoms with van der Waals surface area (Å²) in [5.41, 5.74) is 5.92. The second kappa shape index (κ2) is 5.64. The van der Waals surface area contributed by atoms with E-state index >= 15 is 0 Å². The number of halogens is 1. The summed E-state index contributed by atoms with van der Waals surface area (Å²) in [4.78, 5) is 4.39. The molecule has 0 radical (unpaired) electrons. The number of aromatic nitrogens is 1. The molecule has 1 aromatic carbocycles. The van der Waals surface area contributed by atoms with Gasteiger partial charge in [0.1, 0.15) is 0 Å². The van der Waals surface area contributed by atoms with E-state index in [1.165, 1.54) is 4.31 Å². The highest BCUT2D eigenvalue weighted by Gasteiger charge is 2.30. The van der Waals surface area contributed by atoms with E-state index in [0.29, 0.717) is 27.8 Å². The van der Waals surface area contributed by atoms with Gasteiger partial charge in [-0.25, -0.2) is 8.42 Å². The molecule has 0 saturated carbocycles. The van der Waals surface area contributed by atoms with Crippen molar-refractivity contribution in [2.75, 3.05) is 13.1 Å². The lowest BCUT2D eigenvalue weighted by Gasteiger charge is -2.30. The van der Waals surface area contributed by atoms with Gasteiger partial charge >= 0.3 is 0 Å². The van der Waals surface area contributed by atoms with Gasteiger partial charge in [-0.2, -0.15) is 4.31 Å². The summed E-state index contributed by atoms with van der Waals surface area (Å²) in [7, 11) is -3.55. The van der Waals surface area contributed by atoms with Gasteiger partial charge in [0.15, 0.2) is 0 Å². The molecule has 0 amide bonds. The van der Waals surface area contributed by atoms with Gasteiger partial charge in [0.05, 0.1) is 4.90 Å². The Labute approximate surface area is 132 Å². The average molecular weight is 370 g/mol. The van der Waals surface area contributed by atoms with Crippen molar-refractivity contribution in [1.82, 2.24) is 9.29 Å². The Hall–Kier alpha value is -1.02. The predicted molar refractivity (Wildman–Crippen MR) is 85.4 cm³/mol. The molecule has 1 aliphatic heterocycles. The van der Waals surface area contributed by atoms with Gasteiger partial charge in [-0.1, -0.05) is 12.1 Å². The second-order valence-electron chi connectivity index (χ2n) is 5.24. The monoisotopic (exact) mass is 369 g/mol. The van der Waals surface area contributed by atoms with E-state index in [1.807, 2.05) is 6.07 Å². The summed E-state index contributed by atoms with van der Waals surface area (Å²) < 4.78 is 28.0. The number of nitrogens with two attached hydrogens (primary N) is 1. The maximum absolute atomic E-state index is 12.9. The Bertz CT molecular complexity index is 774. The summed E-state index contributed by atoms with van der Waals surface area (Å²) in [6, 6.07) is 5.15. The molecule has 3 rings (SSSR count). The molecule has 1 aromatic heterocycles. The van der Waals surface area contributed by atoms with Crippen molar-refractivity contribution in [1.29, 1.82) is 0 Å². The van der Waals surface area contributed by atoms with Gasteiger partial charge in [0.25, 0.3) is 0 Å². The van der Waals surface area contributed by atoms with Crippen LogP contribution in [-0.2, 0) is 10.0 Å². The zero-order valence-electron chi connectivity index (χ0n) is 11.4. The van der Waals surface area contributed by atoms with Crippen LogP contribution in [-0.4, -0.2) is 36.8 Å². The molecule has 1 aliphatic rings. The minimum atomic E-state index is -3.55. The van der Waals surface area contributed by atoms with E-state index in [9.17, 15) is 8.42 Å². The number of hydrogen-bond donors (Lipinski definition) is 1. The minimum Gasteiger partial charge on any atom is -0.327 e. The van der Waals surface area contributed by atoms with Crippen LogP contribution in [0.5, 0.6) is 0 Å². The first-order valence-electron chi connectivity index (χ1n) is 6.78. The van der Waals surface area contributed by atoms with Crippen LogP contribution in [0, 0.1) is 0 Å². The summed E-state index contributed by atoms with van der Waals surface area (Å²) in [5.74, 6) is 0. The van der Waals surface area contributed by atoms with E-state index in [4.69, 9.17) is 5.73 Å². The van der Waals surface area contributed by atoms with Crippen LogP contribution in [0.2, 0.25) is 0 Å². The number of rotatable bonds is 2. The summed E-state index contributed by atoms with van der Waals surface area (Å²) >= 11 is 3.41. The molecule has 1 saturated heterocycles. The Kier molecular flexibility index (Phi) is 4.00. The first kappa shape index (κ1) is 14.9. The van der Waals surface area contributed by atoms with E-state index in [2.05, 4.69) is 20.9 Å². The highest BCUT2D eigenvalue weighted by atomic mass is 79.9. The van der Waals surface area contributed by atoms with Crippen LogP contribution >= 0.6 is 15.9 Å². The molecule has 0 unspecified atom stereocenters. The molecule has 21 heavy (non-hydrogen) atoms. The molecule has 2 N–H and O–H groups in total. The fraction of sp³-hybridized carbons (Fsp3) is 0.357. The number of fused-ring (bicyclic) bond motifs is 1. The van der Waals surface area contributed by atoms with Crippen LogP contribution in [0.25, 0.3) is 10.8 Å². The maximum atomic E-state index is 12.9. The van der Waals surface area contributed by atoms with Gasteiger partial charge < -0.3 is 5.73 Å². The largest absolute Gasteiger partial charge is 0.327 e. The first-order valence-corrected chi connectivity index (χ1v) is 9.01. The van der Waals surface area contributed by atoms with Gasteiger partial charge in [0.2, 0.25) is 10.0 Å². The predicted octanol–water partition coefficient (Wildman–Crippen LogP) is 2.11. The number of hydrogen-bond acceptors (Lipinski definition) is 4. The number of sulfonamides is 1. The Morgan fingerprint density at radius 1 is 1.33 bits per heavy atom. The quantitative estimate of drug-likeness (QED) is 0.879. The van der Waals surface area contributed by atoms with Crippen LogP contribution in [0.4, 0.5) is 0 Å². The highest BCUT2D eigenvalue weighted by molar-refractivity contribution is 9.10. The molecule has 5 nitrogen and oxygen atoms in total. The zero-order chi connectivity index (χ0) is 15.0. The standard InChI is InChI=1S/C14H16BrN3O2S/c15-12-8-17-7-10-3-1-5-13(14(10)12)21(19,20)18-6-2-4-11(16)9-18/h1,3,5,7-8,11H,2,4,6,9,16H2/t11-/m1/s1. The molecule has 0 bridgehead atoms. The molecule has 1 fully saturated rings. The minimum absolute atomic E-state index is 0.0893. The molecule has 2 aromatic rings. The molecular weight excluding hydrogens is 354 g/mol. The van der Waals surface area contributed by atoms with Crippen molar-refractivity contribution in [2.24, 2.45) is 5.73 Å². The van der Waals surface area contributed by atoms with Crippen LogP contribution in [0.15, 0.2) is 40.0 Å². The van der Waals surface area contributed by atoms with E-state index in [-0.39, 0.29) is 6.04 Å². The molecule has 0 spiro atoms. The van der Waals surface area contributed by atoms with Crippen molar-refractivity contribution >= 4 is 36.7 Å². The average Bonchev–Trinajstić information content (AvgIpc) is 2.47. The molecule has 1 atom stereocenters. The van der Waals surface area contributed by atoms with Crippen LogP contribution < -0.4 is 5.73 Å². The number of pyridine rings is 1. The van der Waals surface area contributed by atoms with Crippen molar-refractivity contribution in [2.45, 2.75) is 23.8 Å². The summed E-state index contributed by atoms with van der Waals surface area (Å²) in [6.07, 6.45) is 4.95. The molecule has 112 valence electrons. The lowest BCUT2D eigenvalue weighted by molar-refractivity contribution is 0.316. The molecule has 7 heteroatoms. The molecular formula is C14H16BrN3O2S. The zero-order valence-corrected chi connectivity index (χ0v) is 13.8. The van der Waals surface area contributed by atoms with E-state index in [1.54, 1.807) is 24.5 Å². The maximum Gasteiger partial charge on any atom is 0.243 e. The third-order valence-electron chi connectivity index (χ3n) is 3.74. The smallest absolute Gasteiger partial charge is 0.243 e. The molecule has 2 heterocycles. The fourth-order valence-electron chi connectivity index (χ4n) is 2.71. The lowest BCUT2D eigenvalue weighted by Crippen LogP contribution is -2.45. The number of piperidine rings is 1. The van der Waals surface area contributed by atoms with Crippen molar-refractivity contribution in [3.63, 3.8) is 0 Å². The third kappa shape index (κ3) is 2.70. The lowest BCUT2D eigenvalue weighted by atomic mass is 10.1. The Balaban J connectivity index is 2.15. The number of benzene rings is 1. The normalized spacial score (nSPS) is 20.8.